The molecule has 1 atom stereocenters. The lowest BCUT2D eigenvalue weighted by Crippen LogP contribution is -2.48. The monoisotopic (exact) mass is 278 g/mol. The number of carboxylic acids is 1. The number of aliphatic carboxylic acids is 1. The minimum Gasteiger partial charge on any atom is -0.481 e. The topological polar surface area (TPSA) is 86.7 Å². The SMILES string of the molecule is CCC1CCN(S(=O)(=O)N[C@H](C)CC(=O)O)CC1. The van der Waals surface area contributed by atoms with Gasteiger partial charge in [0.25, 0.3) is 10.2 Å². The van der Waals surface area contributed by atoms with Gasteiger partial charge in [0.1, 0.15) is 0 Å². The van der Waals surface area contributed by atoms with Crippen LogP contribution < -0.4 is 4.72 Å². The van der Waals surface area contributed by atoms with Gasteiger partial charge in [-0.1, -0.05) is 13.3 Å². The summed E-state index contributed by atoms with van der Waals surface area (Å²) in [5.74, 6) is -0.400. The van der Waals surface area contributed by atoms with E-state index in [9.17, 15) is 13.2 Å². The molecule has 0 saturated carbocycles. The minimum atomic E-state index is -3.54. The summed E-state index contributed by atoms with van der Waals surface area (Å²) in [6.07, 6.45) is 2.64. The van der Waals surface area contributed by atoms with Crippen molar-refractivity contribution in [3.63, 3.8) is 0 Å². The van der Waals surface area contributed by atoms with Crippen molar-refractivity contribution in [2.45, 2.75) is 45.6 Å². The maximum Gasteiger partial charge on any atom is 0.304 e. The molecule has 106 valence electrons. The Hall–Kier alpha value is -0.660. The molecule has 1 rings (SSSR count). The molecule has 18 heavy (non-hydrogen) atoms. The van der Waals surface area contributed by atoms with Crippen LogP contribution in [0, 0.1) is 5.92 Å². The molecule has 1 saturated heterocycles. The molecule has 0 unspecified atom stereocenters. The molecule has 0 amide bonds. The lowest BCUT2D eigenvalue weighted by atomic mass is 9.96. The van der Waals surface area contributed by atoms with Crippen LogP contribution in [0.25, 0.3) is 0 Å². The second kappa shape index (κ2) is 6.49. The first-order valence-corrected chi connectivity index (χ1v) is 7.78. The molecule has 0 aromatic heterocycles. The highest BCUT2D eigenvalue weighted by molar-refractivity contribution is 7.87. The third-order valence-electron chi connectivity index (χ3n) is 3.32. The van der Waals surface area contributed by atoms with Crippen molar-refractivity contribution >= 4 is 16.2 Å². The average molecular weight is 278 g/mol. The number of rotatable bonds is 6. The van der Waals surface area contributed by atoms with Crippen molar-refractivity contribution in [3.8, 4) is 0 Å². The Morgan fingerprint density at radius 2 is 2.00 bits per heavy atom. The van der Waals surface area contributed by atoms with Gasteiger partial charge >= 0.3 is 5.97 Å². The maximum absolute atomic E-state index is 12.0. The molecule has 7 heteroatoms. The summed E-state index contributed by atoms with van der Waals surface area (Å²) in [6.45, 7) is 4.72. The van der Waals surface area contributed by atoms with Crippen LogP contribution in [-0.2, 0) is 15.0 Å². The van der Waals surface area contributed by atoms with Crippen LogP contribution in [0.2, 0.25) is 0 Å². The maximum atomic E-state index is 12.0. The van der Waals surface area contributed by atoms with Gasteiger partial charge < -0.3 is 5.11 Å². The summed E-state index contributed by atoms with van der Waals surface area (Å²) >= 11 is 0. The van der Waals surface area contributed by atoms with E-state index in [1.165, 1.54) is 4.31 Å². The van der Waals surface area contributed by atoms with Gasteiger partial charge in [0.2, 0.25) is 0 Å². The van der Waals surface area contributed by atoms with Crippen molar-refractivity contribution in [2.24, 2.45) is 5.92 Å². The fourth-order valence-electron chi connectivity index (χ4n) is 2.19. The second-order valence-corrected chi connectivity index (χ2v) is 6.57. The van der Waals surface area contributed by atoms with Crippen molar-refractivity contribution in [1.29, 1.82) is 0 Å². The van der Waals surface area contributed by atoms with E-state index in [4.69, 9.17) is 5.11 Å². The average Bonchev–Trinajstić information content (AvgIpc) is 2.27. The fourth-order valence-corrected chi connectivity index (χ4v) is 3.62. The number of carbonyl (C=O) groups is 1. The lowest BCUT2D eigenvalue weighted by Gasteiger charge is -2.31. The van der Waals surface area contributed by atoms with Gasteiger partial charge in [-0.15, -0.1) is 0 Å². The Labute approximate surface area is 109 Å². The Kier molecular flexibility index (Phi) is 5.55. The molecule has 0 aromatic carbocycles. The molecule has 1 aliphatic heterocycles. The summed E-state index contributed by atoms with van der Waals surface area (Å²) in [4.78, 5) is 10.5. The lowest BCUT2D eigenvalue weighted by molar-refractivity contribution is -0.137. The minimum absolute atomic E-state index is 0.204. The van der Waals surface area contributed by atoms with Gasteiger partial charge in [0.15, 0.2) is 0 Å². The summed E-state index contributed by atoms with van der Waals surface area (Å²) in [7, 11) is -3.54. The van der Waals surface area contributed by atoms with Crippen molar-refractivity contribution in [2.75, 3.05) is 13.1 Å². The molecule has 0 spiro atoms. The number of nitrogens with zero attached hydrogens (tertiary/aromatic N) is 1. The molecule has 1 aliphatic rings. The molecular weight excluding hydrogens is 256 g/mol. The number of carboxylic acid groups (broad SMARTS) is 1. The highest BCUT2D eigenvalue weighted by Gasteiger charge is 2.28. The summed E-state index contributed by atoms with van der Waals surface area (Å²) < 4.78 is 27.8. The first-order chi connectivity index (χ1) is 8.35. The van der Waals surface area contributed by atoms with Crippen molar-refractivity contribution < 1.29 is 18.3 Å². The van der Waals surface area contributed by atoms with E-state index in [0.717, 1.165) is 19.3 Å². The molecule has 6 nitrogen and oxygen atoms in total. The van der Waals surface area contributed by atoms with Gasteiger partial charge in [0.05, 0.1) is 6.42 Å². The first kappa shape index (κ1) is 15.4. The Morgan fingerprint density at radius 1 is 1.44 bits per heavy atom. The highest BCUT2D eigenvalue weighted by Crippen LogP contribution is 2.21. The van der Waals surface area contributed by atoms with E-state index >= 15 is 0 Å². The van der Waals surface area contributed by atoms with Gasteiger partial charge in [0, 0.05) is 19.1 Å². The molecular formula is C11H22N2O4S. The second-order valence-electron chi connectivity index (χ2n) is 4.87. The molecule has 0 bridgehead atoms. The van der Waals surface area contributed by atoms with Crippen LogP contribution in [0.3, 0.4) is 0 Å². The highest BCUT2D eigenvalue weighted by atomic mass is 32.2. The normalized spacial score (nSPS) is 20.8. The van der Waals surface area contributed by atoms with Crippen molar-refractivity contribution in [3.05, 3.63) is 0 Å². The number of hydrogen-bond donors (Lipinski definition) is 2. The zero-order chi connectivity index (χ0) is 13.8. The number of hydrogen-bond acceptors (Lipinski definition) is 3. The Morgan fingerprint density at radius 3 is 2.44 bits per heavy atom. The third-order valence-corrected chi connectivity index (χ3v) is 5.07. The van der Waals surface area contributed by atoms with Gasteiger partial charge in [-0.25, -0.2) is 0 Å². The Bertz CT molecular complexity index is 375. The van der Waals surface area contributed by atoms with E-state index in [1.54, 1.807) is 6.92 Å². The predicted molar refractivity (Wildman–Crippen MR) is 68.4 cm³/mol. The van der Waals surface area contributed by atoms with Crippen LogP contribution in [-0.4, -0.2) is 42.9 Å². The first-order valence-electron chi connectivity index (χ1n) is 6.34. The third kappa shape index (κ3) is 4.55. The molecule has 2 N–H and O–H groups in total. The van der Waals surface area contributed by atoms with Crippen LogP contribution in [0.4, 0.5) is 0 Å². The molecule has 0 aromatic rings. The molecule has 1 heterocycles. The number of piperidine rings is 1. The quantitative estimate of drug-likeness (QED) is 0.752. The summed E-state index contributed by atoms with van der Waals surface area (Å²) in [5.41, 5.74) is 0. The van der Waals surface area contributed by atoms with Gasteiger partial charge in [-0.05, 0) is 25.7 Å². The predicted octanol–water partition coefficient (Wildman–Crippen LogP) is 0.806. The van der Waals surface area contributed by atoms with Crippen LogP contribution >= 0.6 is 0 Å². The smallest absolute Gasteiger partial charge is 0.304 e. The van der Waals surface area contributed by atoms with E-state index in [-0.39, 0.29) is 6.42 Å². The molecule has 0 radical (unpaired) electrons. The number of nitrogens with one attached hydrogen (secondary N) is 1. The van der Waals surface area contributed by atoms with Crippen LogP contribution in [0.15, 0.2) is 0 Å². The Balaban J connectivity index is 2.51. The fraction of sp³-hybridized carbons (Fsp3) is 0.909. The molecule has 1 fully saturated rings. The standard InChI is InChI=1S/C11H22N2O4S/c1-3-10-4-6-13(7-5-10)18(16,17)12-9(2)8-11(14)15/h9-10,12H,3-8H2,1-2H3,(H,14,15)/t9-/m1/s1. The zero-order valence-corrected chi connectivity index (χ0v) is 11.7. The summed E-state index contributed by atoms with van der Waals surface area (Å²) in [6, 6.07) is -0.587. The van der Waals surface area contributed by atoms with Crippen LogP contribution in [0.5, 0.6) is 0 Å². The zero-order valence-electron chi connectivity index (χ0n) is 10.9. The van der Waals surface area contributed by atoms with E-state index in [1.807, 2.05) is 0 Å². The largest absolute Gasteiger partial charge is 0.481 e. The molecule has 0 aliphatic carbocycles. The van der Waals surface area contributed by atoms with E-state index < -0.39 is 22.2 Å². The van der Waals surface area contributed by atoms with Gasteiger partial charge in [-0.2, -0.15) is 17.4 Å². The summed E-state index contributed by atoms with van der Waals surface area (Å²) in [5, 5.41) is 8.61. The van der Waals surface area contributed by atoms with E-state index in [0.29, 0.717) is 19.0 Å². The van der Waals surface area contributed by atoms with Crippen molar-refractivity contribution in [1.82, 2.24) is 9.03 Å². The van der Waals surface area contributed by atoms with Gasteiger partial charge in [-0.3, -0.25) is 4.79 Å². The van der Waals surface area contributed by atoms with Crippen LogP contribution in [0.1, 0.15) is 39.5 Å². The van der Waals surface area contributed by atoms with E-state index in [2.05, 4.69) is 11.6 Å².